The lowest BCUT2D eigenvalue weighted by atomic mass is 9.91. The molecule has 8 nitrogen and oxygen atoms in total. The van der Waals surface area contributed by atoms with Crippen LogP contribution in [0.3, 0.4) is 0 Å². The third-order valence-electron chi connectivity index (χ3n) is 6.56. The third kappa shape index (κ3) is 4.26. The summed E-state index contributed by atoms with van der Waals surface area (Å²) in [4.78, 5) is 32.9. The zero-order valence-electron chi connectivity index (χ0n) is 19.0. The molecule has 2 fully saturated rings. The van der Waals surface area contributed by atoms with Crippen molar-refractivity contribution in [1.29, 1.82) is 0 Å². The number of nitrogens with zero attached hydrogens (tertiary/aromatic N) is 3. The van der Waals surface area contributed by atoms with Gasteiger partial charge < -0.3 is 25.6 Å². The molecule has 2 aliphatic heterocycles. The van der Waals surface area contributed by atoms with Crippen molar-refractivity contribution in [2.24, 2.45) is 0 Å². The van der Waals surface area contributed by atoms with E-state index in [-0.39, 0.29) is 12.0 Å². The number of aromatic nitrogens is 1. The number of rotatable bonds is 4. The molecule has 0 aliphatic carbocycles. The Hall–Kier alpha value is -4.07. The molecule has 3 heterocycles. The van der Waals surface area contributed by atoms with Gasteiger partial charge in [-0.05, 0) is 35.4 Å². The zero-order chi connectivity index (χ0) is 23.7. The van der Waals surface area contributed by atoms with E-state index in [4.69, 9.17) is 10.5 Å². The predicted octanol–water partition coefficient (Wildman–Crippen LogP) is 4.00. The van der Waals surface area contributed by atoms with Crippen molar-refractivity contribution in [2.75, 3.05) is 42.6 Å². The van der Waals surface area contributed by atoms with Crippen molar-refractivity contribution in [2.45, 2.75) is 18.4 Å². The quantitative estimate of drug-likeness (QED) is 0.575. The van der Waals surface area contributed by atoms with Crippen molar-refractivity contribution in [1.82, 2.24) is 9.88 Å². The lowest BCUT2D eigenvalue weighted by molar-refractivity contribution is 0.0366. The monoisotopic (exact) mass is 457 g/mol. The molecule has 2 saturated heterocycles. The second-order valence-electron chi connectivity index (χ2n) is 8.92. The minimum Gasteiger partial charge on any atom is -0.441 e. The number of nitrogens with two attached hydrogens (primary N) is 1. The van der Waals surface area contributed by atoms with Crippen molar-refractivity contribution < 1.29 is 14.3 Å². The molecule has 3 aromatic rings. The summed E-state index contributed by atoms with van der Waals surface area (Å²) in [5.74, 6) is 0.532. The van der Waals surface area contributed by atoms with Gasteiger partial charge in [-0.2, -0.15) is 0 Å². The molecule has 2 amide bonds. The van der Waals surface area contributed by atoms with Crippen LogP contribution >= 0.6 is 0 Å². The maximum atomic E-state index is 12.9. The molecule has 0 bridgehead atoms. The maximum Gasteiger partial charge on any atom is 0.410 e. The molecule has 1 aromatic heterocycles. The number of carbonyl (C=O) groups is 2. The van der Waals surface area contributed by atoms with Crippen molar-refractivity contribution >= 4 is 29.2 Å². The van der Waals surface area contributed by atoms with Gasteiger partial charge in [-0.1, -0.05) is 36.4 Å². The smallest absolute Gasteiger partial charge is 0.410 e. The van der Waals surface area contributed by atoms with Gasteiger partial charge in [-0.25, -0.2) is 9.78 Å². The molecule has 5 rings (SSSR count). The van der Waals surface area contributed by atoms with Gasteiger partial charge in [-0.15, -0.1) is 0 Å². The molecular weight excluding hydrogens is 430 g/mol. The summed E-state index contributed by atoms with van der Waals surface area (Å²) < 4.78 is 5.62. The number of carbonyl (C=O) groups excluding carboxylic acids is 2. The number of likely N-dealkylation sites (N-methyl/N-ethyl adjacent to an activating group) is 1. The molecule has 34 heavy (non-hydrogen) atoms. The van der Waals surface area contributed by atoms with E-state index in [1.54, 1.807) is 30.3 Å². The fourth-order valence-corrected chi connectivity index (χ4v) is 4.57. The van der Waals surface area contributed by atoms with Crippen LogP contribution < -0.4 is 16.0 Å². The summed E-state index contributed by atoms with van der Waals surface area (Å²) in [5, 5.41) is 2.91. The molecule has 0 radical (unpaired) electrons. The van der Waals surface area contributed by atoms with E-state index in [1.165, 1.54) is 0 Å². The SMILES string of the molecule is CN1CC2(CCN(c3ccc(C(=O)Nc4cc(-c5ccccc5)ccc4N)cn3)CC2)OC1=O. The van der Waals surface area contributed by atoms with Crippen LogP contribution in [0.15, 0.2) is 66.9 Å². The maximum absolute atomic E-state index is 12.9. The number of hydrogen-bond acceptors (Lipinski definition) is 6. The normalized spacial score (nSPS) is 17.0. The Balaban J connectivity index is 1.24. The first-order valence-electron chi connectivity index (χ1n) is 11.3. The number of amides is 2. The number of benzene rings is 2. The second-order valence-corrected chi connectivity index (χ2v) is 8.92. The molecule has 174 valence electrons. The largest absolute Gasteiger partial charge is 0.441 e. The van der Waals surface area contributed by atoms with Crippen molar-refractivity contribution in [3.8, 4) is 11.1 Å². The highest BCUT2D eigenvalue weighted by atomic mass is 16.6. The van der Waals surface area contributed by atoms with Gasteiger partial charge in [0, 0.05) is 39.2 Å². The van der Waals surface area contributed by atoms with Crippen LogP contribution in [-0.2, 0) is 4.74 Å². The van der Waals surface area contributed by atoms with Gasteiger partial charge in [0.1, 0.15) is 11.4 Å². The lowest BCUT2D eigenvalue weighted by Gasteiger charge is -2.37. The number of anilines is 3. The second kappa shape index (κ2) is 8.70. The van der Waals surface area contributed by atoms with Crippen LogP contribution in [0.5, 0.6) is 0 Å². The molecular formula is C26H27N5O3. The first-order valence-corrected chi connectivity index (χ1v) is 11.3. The molecule has 0 unspecified atom stereocenters. The first kappa shape index (κ1) is 21.8. The van der Waals surface area contributed by atoms with E-state index in [1.807, 2.05) is 48.5 Å². The summed E-state index contributed by atoms with van der Waals surface area (Å²) >= 11 is 0. The van der Waals surface area contributed by atoms with E-state index in [9.17, 15) is 9.59 Å². The summed E-state index contributed by atoms with van der Waals surface area (Å²) in [6, 6.07) is 19.1. The summed E-state index contributed by atoms with van der Waals surface area (Å²) in [6.45, 7) is 2.10. The Morgan fingerprint density at radius 2 is 1.82 bits per heavy atom. The van der Waals surface area contributed by atoms with E-state index < -0.39 is 5.60 Å². The van der Waals surface area contributed by atoms with E-state index in [0.717, 1.165) is 42.9 Å². The Kier molecular flexibility index (Phi) is 5.57. The third-order valence-corrected chi connectivity index (χ3v) is 6.56. The zero-order valence-corrected chi connectivity index (χ0v) is 19.0. The van der Waals surface area contributed by atoms with Crippen molar-refractivity contribution in [3.05, 3.63) is 72.4 Å². The predicted molar refractivity (Wildman–Crippen MR) is 132 cm³/mol. The van der Waals surface area contributed by atoms with Crippen LogP contribution in [0, 0.1) is 0 Å². The lowest BCUT2D eigenvalue weighted by Crippen LogP contribution is -2.47. The number of hydrogen-bond donors (Lipinski definition) is 2. The molecule has 2 aliphatic rings. The molecule has 0 saturated carbocycles. The number of ether oxygens (including phenoxy) is 1. The molecule has 2 aromatic carbocycles. The van der Waals surface area contributed by atoms with Gasteiger partial charge in [0.25, 0.3) is 5.91 Å². The van der Waals surface area contributed by atoms with Crippen LogP contribution in [0.25, 0.3) is 11.1 Å². The van der Waals surface area contributed by atoms with E-state index in [2.05, 4.69) is 15.2 Å². The number of nitrogen functional groups attached to an aromatic ring is 1. The van der Waals surface area contributed by atoms with Crippen LogP contribution in [-0.4, -0.2) is 54.2 Å². The minimum atomic E-state index is -0.392. The summed E-state index contributed by atoms with van der Waals surface area (Å²) in [7, 11) is 1.76. The number of nitrogens with one attached hydrogen (secondary N) is 1. The highest BCUT2D eigenvalue weighted by Gasteiger charge is 2.45. The van der Waals surface area contributed by atoms with Crippen molar-refractivity contribution in [3.63, 3.8) is 0 Å². The van der Waals surface area contributed by atoms with Gasteiger partial charge in [0.05, 0.1) is 23.5 Å². The van der Waals surface area contributed by atoms with Crippen LogP contribution in [0.4, 0.5) is 22.0 Å². The van der Waals surface area contributed by atoms with Crippen LogP contribution in [0.1, 0.15) is 23.2 Å². The summed E-state index contributed by atoms with van der Waals surface area (Å²) in [5.41, 5.74) is 9.25. The van der Waals surface area contributed by atoms with E-state index in [0.29, 0.717) is 23.5 Å². The van der Waals surface area contributed by atoms with Crippen LogP contribution in [0.2, 0.25) is 0 Å². The number of pyridine rings is 1. The highest BCUT2D eigenvalue weighted by Crippen LogP contribution is 2.34. The molecule has 1 spiro atoms. The standard InChI is InChI=1S/C26H27N5O3/c1-30-17-26(34-25(30)33)11-13-31(14-12-26)23-10-8-20(16-28-23)24(32)29-22-15-19(7-9-21(22)27)18-5-3-2-4-6-18/h2-10,15-16H,11-14,17,27H2,1H3,(H,29,32). The first-order chi connectivity index (χ1) is 16.4. The van der Waals surface area contributed by atoms with Gasteiger partial charge >= 0.3 is 6.09 Å². The van der Waals surface area contributed by atoms with Gasteiger partial charge in [0.15, 0.2) is 0 Å². The Morgan fingerprint density at radius 3 is 2.47 bits per heavy atom. The number of piperidine rings is 1. The fraction of sp³-hybridized carbons (Fsp3) is 0.269. The minimum absolute atomic E-state index is 0.253. The summed E-state index contributed by atoms with van der Waals surface area (Å²) in [6.07, 6.45) is 2.83. The highest BCUT2D eigenvalue weighted by molar-refractivity contribution is 6.06. The topological polar surface area (TPSA) is 101 Å². The Morgan fingerprint density at radius 1 is 1.06 bits per heavy atom. The Bertz CT molecular complexity index is 1200. The van der Waals surface area contributed by atoms with E-state index >= 15 is 0 Å². The molecule has 0 atom stereocenters. The van der Waals surface area contributed by atoms with Gasteiger partial charge in [0.2, 0.25) is 0 Å². The average molecular weight is 458 g/mol. The fourth-order valence-electron chi connectivity index (χ4n) is 4.57. The molecule has 3 N–H and O–H groups in total. The molecule has 8 heteroatoms. The average Bonchev–Trinajstić information content (AvgIpc) is 3.14. The van der Waals surface area contributed by atoms with Gasteiger partial charge in [-0.3, -0.25) is 4.79 Å². The Labute approximate surface area is 198 Å².